The van der Waals surface area contributed by atoms with Crippen LogP contribution in [0.4, 0.5) is 0 Å². The largest absolute Gasteiger partial charge is 0.493 e. The Morgan fingerprint density at radius 1 is 1.00 bits per heavy atom. The van der Waals surface area contributed by atoms with Crippen molar-refractivity contribution in [2.45, 2.75) is 20.0 Å². The summed E-state index contributed by atoms with van der Waals surface area (Å²) in [7, 11) is 0. The van der Waals surface area contributed by atoms with E-state index in [1.807, 2.05) is 30.3 Å². The van der Waals surface area contributed by atoms with E-state index in [9.17, 15) is 0 Å². The Balaban J connectivity index is 1.86. The van der Waals surface area contributed by atoms with Crippen molar-refractivity contribution in [2.75, 3.05) is 6.61 Å². The molecule has 0 amide bonds. The van der Waals surface area contributed by atoms with Crippen LogP contribution in [0.2, 0.25) is 0 Å². The molecule has 0 aliphatic heterocycles. The molecule has 0 unspecified atom stereocenters. The van der Waals surface area contributed by atoms with Gasteiger partial charge in [0.2, 0.25) is 0 Å². The highest BCUT2D eigenvalue weighted by Gasteiger charge is 1.98. The van der Waals surface area contributed by atoms with Crippen molar-refractivity contribution in [1.82, 2.24) is 0 Å². The van der Waals surface area contributed by atoms with Crippen LogP contribution < -0.4 is 4.74 Å². The monoisotopic (exact) mass is 242 g/mol. The van der Waals surface area contributed by atoms with Gasteiger partial charge in [-0.15, -0.1) is 0 Å². The molecular weight excluding hydrogens is 224 g/mol. The molecule has 0 radical (unpaired) electrons. The number of ether oxygens (including phenoxy) is 1. The van der Waals surface area contributed by atoms with Gasteiger partial charge in [0.05, 0.1) is 13.2 Å². The number of aryl methyl sites for hydroxylation is 1. The van der Waals surface area contributed by atoms with Gasteiger partial charge in [-0.05, 0) is 35.7 Å². The summed E-state index contributed by atoms with van der Waals surface area (Å²) in [5.41, 5.74) is 3.53. The van der Waals surface area contributed by atoms with E-state index in [1.165, 1.54) is 11.1 Å². The summed E-state index contributed by atoms with van der Waals surface area (Å²) in [6, 6.07) is 15.9. The average molecular weight is 242 g/mol. The van der Waals surface area contributed by atoms with Crippen LogP contribution in [0.5, 0.6) is 5.75 Å². The van der Waals surface area contributed by atoms with E-state index in [4.69, 9.17) is 9.84 Å². The van der Waals surface area contributed by atoms with Crippen molar-refractivity contribution in [1.29, 1.82) is 0 Å². The maximum atomic E-state index is 8.94. The van der Waals surface area contributed by atoms with Crippen molar-refractivity contribution in [3.05, 3.63) is 65.2 Å². The van der Waals surface area contributed by atoms with Gasteiger partial charge in [-0.1, -0.05) is 36.4 Å². The molecule has 0 bridgehead atoms. The fraction of sp³-hybridized carbons (Fsp3) is 0.250. The molecule has 0 heterocycles. The minimum atomic E-state index is 0.0729. The van der Waals surface area contributed by atoms with Crippen LogP contribution in [0, 0.1) is 6.92 Å². The SMILES string of the molecule is Cc1ccccc1CCOc1ccc(CO)cc1. The highest BCUT2D eigenvalue weighted by molar-refractivity contribution is 5.28. The summed E-state index contributed by atoms with van der Waals surface area (Å²) in [5.74, 6) is 0.848. The van der Waals surface area contributed by atoms with Crippen LogP contribution in [-0.4, -0.2) is 11.7 Å². The molecule has 0 aromatic heterocycles. The van der Waals surface area contributed by atoms with Crippen LogP contribution in [0.25, 0.3) is 0 Å². The quantitative estimate of drug-likeness (QED) is 0.873. The third-order valence-electron chi connectivity index (χ3n) is 3.01. The standard InChI is InChI=1S/C16H18O2/c1-13-4-2-3-5-15(13)10-11-18-16-8-6-14(12-17)7-9-16/h2-9,17H,10-12H2,1H3. The second-order valence-corrected chi connectivity index (χ2v) is 4.33. The zero-order chi connectivity index (χ0) is 12.8. The van der Waals surface area contributed by atoms with Gasteiger partial charge in [0.25, 0.3) is 0 Å². The maximum absolute atomic E-state index is 8.94. The Morgan fingerprint density at radius 3 is 2.39 bits per heavy atom. The zero-order valence-electron chi connectivity index (χ0n) is 10.6. The van der Waals surface area contributed by atoms with Gasteiger partial charge in [0.15, 0.2) is 0 Å². The summed E-state index contributed by atoms with van der Waals surface area (Å²) in [5, 5.41) is 8.94. The van der Waals surface area contributed by atoms with Gasteiger partial charge in [-0.2, -0.15) is 0 Å². The first-order valence-corrected chi connectivity index (χ1v) is 6.16. The average Bonchev–Trinajstić information content (AvgIpc) is 2.42. The third kappa shape index (κ3) is 3.34. The van der Waals surface area contributed by atoms with Gasteiger partial charge in [0, 0.05) is 6.42 Å². The van der Waals surface area contributed by atoms with Crippen molar-refractivity contribution >= 4 is 0 Å². The van der Waals surface area contributed by atoms with E-state index < -0.39 is 0 Å². The predicted molar refractivity (Wildman–Crippen MR) is 72.7 cm³/mol. The highest BCUT2D eigenvalue weighted by Crippen LogP contribution is 2.13. The Labute approximate surface area is 108 Å². The smallest absolute Gasteiger partial charge is 0.119 e. The van der Waals surface area contributed by atoms with Crippen LogP contribution in [0.3, 0.4) is 0 Å². The molecule has 2 heteroatoms. The predicted octanol–water partition coefficient (Wildman–Crippen LogP) is 3.11. The number of hydrogen-bond acceptors (Lipinski definition) is 2. The number of aliphatic hydroxyl groups excluding tert-OH is 1. The van der Waals surface area contributed by atoms with Gasteiger partial charge in [-0.25, -0.2) is 0 Å². The third-order valence-corrected chi connectivity index (χ3v) is 3.01. The minimum Gasteiger partial charge on any atom is -0.493 e. The lowest BCUT2D eigenvalue weighted by Gasteiger charge is -2.08. The lowest BCUT2D eigenvalue weighted by atomic mass is 10.1. The van der Waals surface area contributed by atoms with Crippen LogP contribution in [0.15, 0.2) is 48.5 Å². The van der Waals surface area contributed by atoms with Gasteiger partial charge in [-0.3, -0.25) is 0 Å². The topological polar surface area (TPSA) is 29.5 Å². The Bertz CT molecular complexity index is 489. The Morgan fingerprint density at radius 2 is 1.72 bits per heavy atom. The first kappa shape index (κ1) is 12.7. The van der Waals surface area contributed by atoms with E-state index in [1.54, 1.807) is 0 Å². The van der Waals surface area contributed by atoms with Gasteiger partial charge in [0.1, 0.15) is 5.75 Å². The first-order chi connectivity index (χ1) is 8.79. The number of rotatable bonds is 5. The number of aliphatic hydroxyl groups is 1. The summed E-state index contributed by atoms with van der Waals surface area (Å²) < 4.78 is 5.68. The molecule has 2 rings (SSSR count). The summed E-state index contributed by atoms with van der Waals surface area (Å²) >= 11 is 0. The summed E-state index contributed by atoms with van der Waals surface area (Å²) in [6.07, 6.45) is 0.911. The highest BCUT2D eigenvalue weighted by atomic mass is 16.5. The number of benzene rings is 2. The molecule has 0 saturated carbocycles. The Kier molecular flexibility index (Phi) is 4.37. The lowest BCUT2D eigenvalue weighted by molar-refractivity contribution is 0.281. The van der Waals surface area contributed by atoms with E-state index in [0.717, 1.165) is 17.7 Å². The summed E-state index contributed by atoms with van der Waals surface area (Å²) in [4.78, 5) is 0. The number of hydrogen-bond donors (Lipinski definition) is 1. The second kappa shape index (κ2) is 6.22. The molecule has 2 aromatic rings. The minimum absolute atomic E-state index is 0.0729. The molecule has 0 aliphatic rings. The zero-order valence-corrected chi connectivity index (χ0v) is 10.6. The molecule has 2 nitrogen and oxygen atoms in total. The van der Waals surface area contributed by atoms with Crippen molar-refractivity contribution in [2.24, 2.45) is 0 Å². The van der Waals surface area contributed by atoms with Crippen molar-refractivity contribution in [3.8, 4) is 5.75 Å². The maximum Gasteiger partial charge on any atom is 0.119 e. The Hall–Kier alpha value is -1.80. The van der Waals surface area contributed by atoms with Gasteiger partial charge >= 0.3 is 0 Å². The lowest BCUT2D eigenvalue weighted by Crippen LogP contribution is -2.02. The summed E-state index contributed by atoms with van der Waals surface area (Å²) in [6.45, 7) is 2.86. The molecule has 94 valence electrons. The normalized spacial score (nSPS) is 10.3. The van der Waals surface area contributed by atoms with E-state index in [-0.39, 0.29) is 6.61 Å². The van der Waals surface area contributed by atoms with Crippen LogP contribution in [-0.2, 0) is 13.0 Å². The van der Waals surface area contributed by atoms with Gasteiger partial charge < -0.3 is 9.84 Å². The molecule has 0 saturated heterocycles. The van der Waals surface area contributed by atoms with Crippen molar-refractivity contribution in [3.63, 3.8) is 0 Å². The molecule has 0 aliphatic carbocycles. The van der Waals surface area contributed by atoms with E-state index in [0.29, 0.717) is 6.61 Å². The molecule has 18 heavy (non-hydrogen) atoms. The molecular formula is C16H18O2. The molecule has 0 spiro atoms. The first-order valence-electron chi connectivity index (χ1n) is 6.16. The molecule has 0 atom stereocenters. The fourth-order valence-electron chi connectivity index (χ4n) is 1.86. The van der Waals surface area contributed by atoms with Crippen molar-refractivity contribution < 1.29 is 9.84 Å². The van der Waals surface area contributed by atoms with Crippen LogP contribution >= 0.6 is 0 Å². The van der Waals surface area contributed by atoms with E-state index >= 15 is 0 Å². The molecule has 1 N–H and O–H groups in total. The fourth-order valence-corrected chi connectivity index (χ4v) is 1.86. The van der Waals surface area contributed by atoms with Crippen LogP contribution in [0.1, 0.15) is 16.7 Å². The molecule has 2 aromatic carbocycles. The van der Waals surface area contributed by atoms with E-state index in [2.05, 4.69) is 25.1 Å². The molecule has 0 fully saturated rings. The second-order valence-electron chi connectivity index (χ2n) is 4.33.